The van der Waals surface area contributed by atoms with Gasteiger partial charge in [0.05, 0.1) is 5.56 Å². The number of halogens is 1. The second-order valence-corrected chi connectivity index (χ2v) is 7.45. The highest BCUT2D eigenvalue weighted by Crippen LogP contribution is 2.20. The third kappa shape index (κ3) is 4.79. The summed E-state index contributed by atoms with van der Waals surface area (Å²) < 4.78 is 13.7. The molecule has 3 nitrogen and oxygen atoms in total. The summed E-state index contributed by atoms with van der Waals surface area (Å²) in [4.78, 5) is 16.8. The zero-order chi connectivity index (χ0) is 19.4. The standard InChI is InChI=1S/C23H23FN2O/c1-16(12-17-8-5-4-6-9-17)14-23(2,3)26-22(27)19-13-18-10-7-11-20(24)21(18)25-15-19/h4-13,15H,14H2,1-3H3,(H,26,27)/b16-12-. The Morgan fingerprint density at radius 1 is 1.15 bits per heavy atom. The van der Waals surface area contributed by atoms with E-state index in [1.807, 2.05) is 32.0 Å². The van der Waals surface area contributed by atoms with Crippen LogP contribution in [-0.2, 0) is 0 Å². The van der Waals surface area contributed by atoms with E-state index in [2.05, 4.69) is 35.4 Å². The van der Waals surface area contributed by atoms with E-state index in [4.69, 9.17) is 0 Å². The lowest BCUT2D eigenvalue weighted by Gasteiger charge is -2.27. The molecular weight excluding hydrogens is 339 g/mol. The van der Waals surface area contributed by atoms with Crippen molar-refractivity contribution in [2.24, 2.45) is 0 Å². The van der Waals surface area contributed by atoms with Crippen LogP contribution in [-0.4, -0.2) is 16.4 Å². The normalized spacial score (nSPS) is 12.2. The lowest BCUT2D eigenvalue weighted by Crippen LogP contribution is -2.43. The molecule has 3 rings (SSSR count). The van der Waals surface area contributed by atoms with Gasteiger partial charge in [-0.15, -0.1) is 0 Å². The maximum atomic E-state index is 13.7. The number of pyridine rings is 1. The molecule has 0 saturated heterocycles. The van der Waals surface area contributed by atoms with Gasteiger partial charge in [0.2, 0.25) is 0 Å². The van der Waals surface area contributed by atoms with Crippen molar-refractivity contribution in [2.45, 2.75) is 32.7 Å². The number of para-hydroxylation sites is 1. The highest BCUT2D eigenvalue weighted by atomic mass is 19.1. The van der Waals surface area contributed by atoms with Gasteiger partial charge < -0.3 is 5.32 Å². The Morgan fingerprint density at radius 3 is 2.63 bits per heavy atom. The van der Waals surface area contributed by atoms with Crippen LogP contribution in [0.1, 0.15) is 43.1 Å². The van der Waals surface area contributed by atoms with E-state index in [1.54, 1.807) is 18.2 Å². The lowest BCUT2D eigenvalue weighted by molar-refractivity contribution is 0.0913. The molecule has 2 aromatic carbocycles. The van der Waals surface area contributed by atoms with Crippen LogP contribution in [0.2, 0.25) is 0 Å². The first-order chi connectivity index (χ1) is 12.8. The summed E-state index contributed by atoms with van der Waals surface area (Å²) in [6.07, 6.45) is 4.25. The van der Waals surface area contributed by atoms with E-state index >= 15 is 0 Å². The molecule has 0 aliphatic heterocycles. The number of nitrogens with zero attached hydrogens (tertiary/aromatic N) is 1. The SMILES string of the molecule is C/C(=C/c1ccccc1)CC(C)(C)NC(=O)c1cnc2c(F)cccc2c1. The summed E-state index contributed by atoms with van der Waals surface area (Å²) >= 11 is 0. The van der Waals surface area contributed by atoms with Crippen molar-refractivity contribution in [1.29, 1.82) is 0 Å². The highest BCUT2D eigenvalue weighted by Gasteiger charge is 2.22. The summed E-state index contributed by atoms with van der Waals surface area (Å²) in [5.74, 6) is -0.604. The largest absolute Gasteiger partial charge is 0.347 e. The van der Waals surface area contributed by atoms with E-state index in [0.717, 1.165) is 5.56 Å². The summed E-state index contributed by atoms with van der Waals surface area (Å²) in [5.41, 5.74) is 2.58. The number of amides is 1. The maximum Gasteiger partial charge on any atom is 0.253 e. The van der Waals surface area contributed by atoms with Gasteiger partial charge in [-0.1, -0.05) is 54.1 Å². The smallest absolute Gasteiger partial charge is 0.253 e. The second kappa shape index (κ2) is 7.70. The number of hydrogen-bond donors (Lipinski definition) is 1. The Morgan fingerprint density at radius 2 is 1.89 bits per heavy atom. The number of rotatable bonds is 5. The predicted molar refractivity (Wildman–Crippen MR) is 108 cm³/mol. The molecule has 0 aliphatic carbocycles. The van der Waals surface area contributed by atoms with Gasteiger partial charge in [0.1, 0.15) is 11.3 Å². The average molecular weight is 362 g/mol. The first kappa shape index (κ1) is 18.8. The molecule has 1 heterocycles. The van der Waals surface area contributed by atoms with Crippen molar-refractivity contribution < 1.29 is 9.18 Å². The number of carbonyl (C=O) groups is 1. The molecule has 0 spiro atoms. The van der Waals surface area contributed by atoms with E-state index in [0.29, 0.717) is 17.4 Å². The van der Waals surface area contributed by atoms with Gasteiger partial charge in [-0.3, -0.25) is 9.78 Å². The van der Waals surface area contributed by atoms with Crippen LogP contribution in [0, 0.1) is 5.82 Å². The molecule has 1 amide bonds. The van der Waals surface area contributed by atoms with Gasteiger partial charge in [0.15, 0.2) is 0 Å². The second-order valence-electron chi connectivity index (χ2n) is 7.45. The van der Waals surface area contributed by atoms with Crippen LogP contribution in [0.5, 0.6) is 0 Å². The van der Waals surface area contributed by atoms with Crippen LogP contribution in [0.3, 0.4) is 0 Å². The first-order valence-corrected chi connectivity index (χ1v) is 8.93. The minimum atomic E-state index is -0.427. The van der Waals surface area contributed by atoms with E-state index < -0.39 is 5.54 Å². The predicted octanol–water partition coefficient (Wildman–Crippen LogP) is 5.38. The number of nitrogens with one attached hydrogen (secondary N) is 1. The van der Waals surface area contributed by atoms with Gasteiger partial charge in [-0.05, 0) is 44.9 Å². The summed E-state index contributed by atoms with van der Waals surface area (Å²) in [5, 5.41) is 3.67. The van der Waals surface area contributed by atoms with Gasteiger partial charge in [0, 0.05) is 17.1 Å². The number of fused-ring (bicyclic) bond motifs is 1. The molecule has 138 valence electrons. The molecule has 1 aromatic heterocycles. The third-order valence-electron chi connectivity index (χ3n) is 4.31. The zero-order valence-electron chi connectivity index (χ0n) is 15.8. The topological polar surface area (TPSA) is 42.0 Å². The molecule has 27 heavy (non-hydrogen) atoms. The third-order valence-corrected chi connectivity index (χ3v) is 4.31. The first-order valence-electron chi connectivity index (χ1n) is 8.93. The van der Waals surface area contributed by atoms with Crippen LogP contribution in [0.25, 0.3) is 17.0 Å². The molecule has 0 radical (unpaired) electrons. The molecule has 0 aliphatic rings. The van der Waals surface area contributed by atoms with Crippen LogP contribution in [0.4, 0.5) is 4.39 Å². The molecule has 0 fully saturated rings. The van der Waals surface area contributed by atoms with Crippen molar-refractivity contribution in [3.8, 4) is 0 Å². The van der Waals surface area contributed by atoms with E-state index in [9.17, 15) is 9.18 Å². The minimum Gasteiger partial charge on any atom is -0.347 e. The van der Waals surface area contributed by atoms with Gasteiger partial charge in [0.25, 0.3) is 5.91 Å². The number of hydrogen-bond acceptors (Lipinski definition) is 2. The lowest BCUT2D eigenvalue weighted by atomic mass is 9.94. The molecule has 3 aromatic rings. The van der Waals surface area contributed by atoms with E-state index in [-0.39, 0.29) is 17.2 Å². The molecule has 0 atom stereocenters. The fourth-order valence-corrected chi connectivity index (χ4v) is 3.25. The molecule has 1 N–H and O–H groups in total. The van der Waals surface area contributed by atoms with Crippen molar-refractivity contribution in [3.05, 3.63) is 83.3 Å². The highest BCUT2D eigenvalue weighted by molar-refractivity contribution is 5.97. The van der Waals surface area contributed by atoms with Crippen molar-refractivity contribution in [3.63, 3.8) is 0 Å². The Bertz CT molecular complexity index is 994. The van der Waals surface area contributed by atoms with E-state index in [1.165, 1.54) is 17.8 Å². The van der Waals surface area contributed by atoms with Gasteiger partial charge in [-0.2, -0.15) is 0 Å². The number of aromatic nitrogens is 1. The Hall–Kier alpha value is -3.01. The van der Waals surface area contributed by atoms with Crippen LogP contribution in [0.15, 0.2) is 66.4 Å². The van der Waals surface area contributed by atoms with Crippen molar-refractivity contribution in [1.82, 2.24) is 10.3 Å². The molecular formula is C23H23FN2O. The quantitative estimate of drug-likeness (QED) is 0.662. The summed E-state index contributed by atoms with van der Waals surface area (Å²) in [6.45, 7) is 6.03. The molecule has 0 bridgehead atoms. The van der Waals surface area contributed by atoms with Gasteiger partial charge >= 0.3 is 0 Å². The fraction of sp³-hybridized carbons (Fsp3) is 0.217. The van der Waals surface area contributed by atoms with Crippen LogP contribution < -0.4 is 5.32 Å². The maximum absolute atomic E-state index is 13.7. The van der Waals surface area contributed by atoms with Gasteiger partial charge in [-0.25, -0.2) is 4.39 Å². The molecule has 0 saturated carbocycles. The Balaban J connectivity index is 1.73. The minimum absolute atomic E-state index is 0.217. The molecule has 4 heteroatoms. The zero-order valence-corrected chi connectivity index (χ0v) is 15.8. The van der Waals surface area contributed by atoms with Crippen LogP contribution >= 0.6 is 0 Å². The van der Waals surface area contributed by atoms with Crippen molar-refractivity contribution >= 4 is 22.9 Å². The summed E-state index contributed by atoms with van der Waals surface area (Å²) in [7, 11) is 0. The Labute approximate surface area is 158 Å². The fourth-order valence-electron chi connectivity index (χ4n) is 3.25. The average Bonchev–Trinajstić information content (AvgIpc) is 2.61. The summed E-state index contributed by atoms with van der Waals surface area (Å²) in [6, 6.07) is 16.5. The van der Waals surface area contributed by atoms with Crippen molar-refractivity contribution in [2.75, 3.05) is 0 Å². The molecule has 0 unspecified atom stereocenters. The Kier molecular flexibility index (Phi) is 5.36. The monoisotopic (exact) mass is 362 g/mol. The number of carbonyl (C=O) groups excluding carboxylic acids is 1. The number of benzene rings is 2.